The molecule has 4 aromatic rings. The van der Waals surface area contributed by atoms with Crippen LogP contribution in [0.4, 0.5) is 52.7 Å². The van der Waals surface area contributed by atoms with E-state index in [1.54, 1.807) is 6.07 Å². The van der Waals surface area contributed by atoms with Gasteiger partial charge in [0.25, 0.3) is 0 Å². The molecule has 1 aliphatic rings. The summed E-state index contributed by atoms with van der Waals surface area (Å²) in [5, 5.41) is 0.955. The quantitative estimate of drug-likeness (QED) is 0.0600. The predicted octanol–water partition coefficient (Wildman–Crippen LogP) is 10.9. The zero-order valence-electron chi connectivity index (χ0n) is 28.1. The molecule has 0 aliphatic heterocycles. The summed E-state index contributed by atoms with van der Waals surface area (Å²) in [5.74, 6) is -6.48. The molecule has 0 spiro atoms. The van der Waals surface area contributed by atoms with E-state index < -0.39 is 99.2 Å². The van der Waals surface area contributed by atoms with E-state index in [9.17, 15) is 71.9 Å². The standard InChI is InChI=1S/C34H26F12O8S2/c35-31(36,37)11-25(47)51-7-1-2-20(52-26(48)12-32(38,39)40)15-3-6-23-18(8-15)29-30(55-23)19-9-16-17(10-24(19)56-29)22(54-28(50)14-34(44,45)46)5-4-21(16)53-27(49)13-33(41,42)43/h3,6,8-10,20-22H,1-2,4-5,7,11-14H2. The van der Waals surface area contributed by atoms with Gasteiger partial charge in [0.05, 0.1) is 16.0 Å². The van der Waals surface area contributed by atoms with Crippen LogP contribution in [0.2, 0.25) is 0 Å². The maximum Gasteiger partial charge on any atom is 0.399 e. The molecule has 0 bridgehead atoms. The molecule has 56 heavy (non-hydrogen) atoms. The van der Waals surface area contributed by atoms with Crippen LogP contribution in [0.1, 0.15) is 86.4 Å². The first-order chi connectivity index (χ1) is 25.8. The molecule has 2 heterocycles. The Balaban J connectivity index is 1.51. The molecule has 2 aromatic heterocycles. The third-order valence-electron chi connectivity index (χ3n) is 8.14. The number of fused-ring (bicyclic) bond motifs is 6. The van der Waals surface area contributed by atoms with Crippen molar-refractivity contribution < 1.29 is 90.8 Å². The SMILES string of the molecule is O=C(CC(F)(F)F)OCCCC(OC(=O)CC(F)(F)F)c1ccc2sc3c4cc5c(cc4sc3c2c1)C(OC(=O)CC(F)(F)F)CCC5OC(=O)CC(F)(F)F. The molecule has 0 amide bonds. The molecule has 8 nitrogen and oxygen atoms in total. The summed E-state index contributed by atoms with van der Waals surface area (Å²) < 4.78 is 176. The van der Waals surface area contributed by atoms with Gasteiger partial charge in [-0.15, -0.1) is 22.7 Å². The predicted molar refractivity (Wildman–Crippen MR) is 173 cm³/mol. The maximum absolute atomic E-state index is 13.0. The highest BCUT2D eigenvalue weighted by atomic mass is 32.1. The minimum atomic E-state index is -4.93. The lowest BCUT2D eigenvalue weighted by Gasteiger charge is -2.31. The van der Waals surface area contributed by atoms with Crippen molar-refractivity contribution in [2.24, 2.45) is 0 Å². The van der Waals surface area contributed by atoms with E-state index in [-0.39, 0.29) is 42.4 Å². The van der Waals surface area contributed by atoms with Crippen LogP contribution in [0, 0.1) is 0 Å². The maximum atomic E-state index is 13.0. The summed E-state index contributed by atoms with van der Waals surface area (Å²) in [7, 11) is 0. The third kappa shape index (κ3) is 11.6. The van der Waals surface area contributed by atoms with E-state index in [1.807, 2.05) is 0 Å². The first kappa shape index (κ1) is 42.8. The highest BCUT2D eigenvalue weighted by molar-refractivity contribution is 7.36. The summed E-state index contributed by atoms with van der Waals surface area (Å²) >= 11 is 2.32. The minimum Gasteiger partial charge on any atom is -0.465 e. The fourth-order valence-electron chi connectivity index (χ4n) is 6.03. The van der Waals surface area contributed by atoms with Gasteiger partial charge < -0.3 is 18.9 Å². The number of thiophene rings is 2. The summed E-state index contributed by atoms with van der Waals surface area (Å²) in [6, 6.07) is 7.40. The lowest BCUT2D eigenvalue weighted by atomic mass is 9.86. The van der Waals surface area contributed by atoms with E-state index in [0.29, 0.717) is 29.6 Å². The van der Waals surface area contributed by atoms with Gasteiger partial charge in [0, 0.05) is 31.3 Å². The second kappa shape index (κ2) is 16.3. The van der Waals surface area contributed by atoms with Gasteiger partial charge in [0.2, 0.25) is 0 Å². The number of carbonyl (C=O) groups excluding carboxylic acids is 4. The molecule has 0 fully saturated rings. The van der Waals surface area contributed by atoms with E-state index in [2.05, 4.69) is 4.74 Å². The Labute approximate surface area is 314 Å². The lowest BCUT2D eigenvalue weighted by molar-refractivity contribution is -0.181. The summed E-state index contributed by atoms with van der Waals surface area (Å²) in [6.07, 6.45) is -32.1. The number of benzene rings is 2. The Morgan fingerprint density at radius 1 is 0.607 bits per heavy atom. The summed E-state index contributed by atoms with van der Waals surface area (Å²) in [6.45, 7) is -0.576. The highest BCUT2D eigenvalue weighted by Crippen LogP contribution is 2.50. The number of esters is 4. The van der Waals surface area contributed by atoms with E-state index >= 15 is 0 Å². The zero-order chi connectivity index (χ0) is 41.4. The average molecular weight is 855 g/mol. The van der Waals surface area contributed by atoms with Crippen LogP contribution in [0.5, 0.6) is 0 Å². The minimum absolute atomic E-state index is 0.0921. The van der Waals surface area contributed by atoms with Crippen molar-refractivity contribution in [3.05, 3.63) is 47.0 Å². The van der Waals surface area contributed by atoms with Crippen molar-refractivity contribution in [1.29, 1.82) is 0 Å². The normalized spacial score (nSPS) is 17.1. The molecular weight excluding hydrogens is 828 g/mol. The van der Waals surface area contributed by atoms with E-state index in [0.717, 1.165) is 11.3 Å². The van der Waals surface area contributed by atoms with Crippen LogP contribution in [0.3, 0.4) is 0 Å². The van der Waals surface area contributed by atoms with Crippen molar-refractivity contribution >= 4 is 76.1 Å². The van der Waals surface area contributed by atoms with Crippen LogP contribution in [-0.4, -0.2) is 55.2 Å². The monoisotopic (exact) mass is 854 g/mol. The average Bonchev–Trinajstić information content (AvgIpc) is 3.54. The van der Waals surface area contributed by atoms with Crippen LogP contribution in [0.15, 0.2) is 30.3 Å². The summed E-state index contributed by atoms with van der Waals surface area (Å²) in [5.41, 5.74) is 0.351. The Hall–Kier alpha value is -4.34. The van der Waals surface area contributed by atoms with Gasteiger partial charge in [-0.2, -0.15) is 52.7 Å². The van der Waals surface area contributed by atoms with Crippen LogP contribution >= 0.6 is 22.7 Å². The van der Waals surface area contributed by atoms with E-state index in [1.165, 1.54) is 35.6 Å². The number of halogens is 12. The molecule has 2 aromatic carbocycles. The summed E-state index contributed by atoms with van der Waals surface area (Å²) in [4.78, 5) is 48.0. The molecule has 0 radical (unpaired) electrons. The molecule has 1 aliphatic carbocycles. The van der Waals surface area contributed by atoms with Crippen molar-refractivity contribution in [3.8, 4) is 0 Å². The molecule has 0 saturated heterocycles. The van der Waals surface area contributed by atoms with Gasteiger partial charge in [-0.3, -0.25) is 19.2 Å². The van der Waals surface area contributed by atoms with Crippen molar-refractivity contribution in [1.82, 2.24) is 0 Å². The number of carbonyl (C=O) groups is 4. The van der Waals surface area contributed by atoms with Gasteiger partial charge in [-0.05, 0) is 55.5 Å². The first-order valence-corrected chi connectivity index (χ1v) is 17.9. The van der Waals surface area contributed by atoms with Crippen molar-refractivity contribution in [2.45, 2.75) is 94.4 Å². The van der Waals surface area contributed by atoms with Crippen molar-refractivity contribution in [2.75, 3.05) is 6.61 Å². The number of ether oxygens (including phenoxy) is 4. The van der Waals surface area contributed by atoms with E-state index in [4.69, 9.17) is 14.2 Å². The van der Waals surface area contributed by atoms with Crippen LogP contribution in [0.25, 0.3) is 29.6 Å². The third-order valence-corrected chi connectivity index (χ3v) is 10.7. The molecule has 22 heteroatoms. The van der Waals surface area contributed by atoms with Gasteiger partial charge in [0.15, 0.2) is 0 Å². The van der Waals surface area contributed by atoms with Gasteiger partial charge >= 0.3 is 48.6 Å². The topological polar surface area (TPSA) is 105 Å². The first-order valence-electron chi connectivity index (χ1n) is 16.3. The van der Waals surface area contributed by atoms with Crippen molar-refractivity contribution in [3.63, 3.8) is 0 Å². The number of alkyl halides is 12. The second-order valence-corrected chi connectivity index (χ2v) is 14.7. The largest absolute Gasteiger partial charge is 0.465 e. The fraction of sp³-hybridized carbons (Fsp3) is 0.471. The fourth-order valence-corrected chi connectivity index (χ4v) is 8.67. The Kier molecular flexibility index (Phi) is 12.4. The number of hydrogen-bond acceptors (Lipinski definition) is 10. The highest BCUT2D eigenvalue weighted by Gasteiger charge is 2.39. The Bertz CT molecular complexity index is 2110. The molecule has 5 rings (SSSR count). The Morgan fingerprint density at radius 3 is 1.61 bits per heavy atom. The van der Waals surface area contributed by atoms with Gasteiger partial charge in [-0.1, -0.05) is 6.07 Å². The zero-order valence-corrected chi connectivity index (χ0v) is 29.7. The smallest absolute Gasteiger partial charge is 0.399 e. The molecule has 306 valence electrons. The van der Waals surface area contributed by atoms with Gasteiger partial charge in [-0.25, -0.2) is 0 Å². The molecule has 0 saturated carbocycles. The molecule has 3 atom stereocenters. The van der Waals surface area contributed by atoms with Crippen LogP contribution in [-0.2, 0) is 38.1 Å². The lowest BCUT2D eigenvalue weighted by Crippen LogP contribution is -2.25. The molecular formula is C34H26F12O8S2. The second-order valence-electron chi connectivity index (χ2n) is 12.6. The molecule has 3 unspecified atom stereocenters. The number of hydrogen-bond donors (Lipinski definition) is 0. The Morgan fingerprint density at radius 2 is 1.07 bits per heavy atom. The molecule has 0 N–H and O–H groups in total. The van der Waals surface area contributed by atoms with Gasteiger partial charge in [0.1, 0.15) is 44.0 Å². The van der Waals surface area contributed by atoms with Crippen LogP contribution < -0.4 is 0 Å². The number of rotatable bonds is 12.